The van der Waals surface area contributed by atoms with E-state index >= 15 is 0 Å². The van der Waals surface area contributed by atoms with Crippen LogP contribution in [0.1, 0.15) is 31.2 Å². The fraction of sp³-hybridized carbons (Fsp3) is 0.562. The van der Waals surface area contributed by atoms with Gasteiger partial charge in [-0.25, -0.2) is 4.39 Å². The summed E-state index contributed by atoms with van der Waals surface area (Å²) in [5.41, 5.74) is 0.593. The molecule has 1 N–H and O–H groups in total. The van der Waals surface area contributed by atoms with Crippen molar-refractivity contribution in [3.8, 4) is 0 Å². The molecular weight excluding hydrogens is 257 g/mol. The molecule has 3 nitrogen and oxygen atoms in total. The van der Waals surface area contributed by atoms with Crippen LogP contribution in [0.5, 0.6) is 0 Å². The molecule has 4 heteroatoms. The average Bonchev–Trinajstić information content (AvgIpc) is 3.26. The summed E-state index contributed by atoms with van der Waals surface area (Å²) < 4.78 is 18.8. The van der Waals surface area contributed by atoms with E-state index in [4.69, 9.17) is 4.74 Å². The largest absolute Gasteiger partial charge is 0.381 e. The van der Waals surface area contributed by atoms with Crippen LogP contribution in [0.2, 0.25) is 0 Å². The molecule has 0 bridgehead atoms. The van der Waals surface area contributed by atoms with Gasteiger partial charge in [0.05, 0.1) is 0 Å². The summed E-state index contributed by atoms with van der Waals surface area (Å²) in [7, 11) is 0. The molecule has 1 aliphatic rings. The standard InChI is InChI=1S/C16H22FNO2/c17-15-5-2-1-4-14(15)8-9-16(19)18-10-3-11-20-12-13-6-7-13/h1-2,4-5,13H,3,6-12H2,(H,18,19). The minimum Gasteiger partial charge on any atom is -0.381 e. The molecule has 1 amide bonds. The van der Waals surface area contributed by atoms with Crippen LogP contribution in [0.3, 0.4) is 0 Å². The van der Waals surface area contributed by atoms with E-state index in [0.29, 0.717) is 31.6 Å². The van der Waals surface area contributed by atoms with Crippen LogP contribution >= 0.6 is 0 Å². The SMILES string of the molecule is O=C(CCc1ccccc1F)NCCCOCC1CC1. The normalized spacial score (nSPS) is 14.2. The van der Waals surface area contributed by atoms with Gasteiger partial charge in [0.1, 0.15) is 5.82 Å². The number of carbonyl (C=O) groups is 1. The molecule has 1 aliphatic carbocycles. The fourth-order valence-corrected chi connectivity index (χ4v) is 1.97. The third-order valence-electron chi connectivity index (χ3n) is 3.42. The number of amides is 1. The highest BCUT2D eigenvalue weighted by Gasteiger charge is 2.20. The number of hydrogen-bond acceptors (Lipinski definition) is 2. The number of hydrogen-bond donors (Lipinski definition) is 1. The minimum atomic E-state index is -0.242. The van der Waals surface area contributed by atoms with E-state index in [1.54, 1.807) is 18.2 Å². The lowest BCUT2D eigenvalue weighted by molar-refractivity contribution is -0.121. The summed E-state index contributed by atoms with van der Waals surface area (Å²) in [6, 6.07) is 6.58. The molecule has 0 heterocycles. The highest BCUT2D eigenvalue weighted by atomic mass is 19.1. The van der Waals surface area contributed by atoms with Crippen molar-refractivity contribution >= 4 is 5.91 Å². The Morgan fingerprint density at radius 1 is 1.35 bits per heavy atom. The van der Waals surface area contributed by atoms with Gasteiger partial charge in [0.15, 0.2) is 0 Å². The van der Waals surface area contributed by atoms with Crippen LogP contribution in [0.4, 0.5) is 4.39 Å². The Kier molecular flexibility index (Phi) is 5.99. The molecule has 1 aromatic carbocycles. The molecule has 20 heavy (non-hydrogen) atoms. The molecular formula is C16H22FNO2. The fourth-order valence-electron chi connectivity index (χ4n) is 1.97. The molecule has 0 unspecified atom stereocenters. The number of rotatable bonds is 9. The van der Waals surface area contributed by atoms with Crippen molar-refractivity contribution in [1.82, 2.24) is 5.32 Å². The zero-order valence-electron chi connectivity index (χ0n) is 11.7. The lowest BCUT2D eigenvalue weighted by Crippen LogP contribution is -2.25. The van der Waals surface area contributed by atoms with Crippen LogP contribution < -0.4 is 5.32 Å². The van der Waals surface area contributed by atoms with E-state index in [1.807, 2.05) is 0 Å². The third-order valence-corrected chi connectivity index (χ3v) is 3.42. The van der Waals surface area contributed by atoms with Crippen LogP contribution in [-0.4, -0.2) is 25.7 Å². The molecule has 0 atom stereocenters. The number of ether oxygens (including phenoxy) is 1. The van der Waals surface area contributed by atoms with E-state index in [9.17, 15) is 9.18 Å². The summed E-state index contributed by atoms with van der Waals surface area (Å²) in [5.74, 6) is 0.509. The molecule has 0 aliphatic heterocycles. The average molecular weight is 279 g/mol. The Morgan fingerprint density at radius 3 is 2.90 bits per heavy atom. The maximum absolute atomic E-state index is 13.4. The zero-order valence-corrected chi connectivity index (χ0v) is 11.7. The van der Waals surface area contributed by atoms with Gasteiger partial charge in [-0.3, -0.25) is 4.79 Å². The van der Waals surface area contributed by atoms with Crippen molar-refractivity contribution in [3.63, 3.8) is 0 Å². The van der Waals surface area contributed by atoms with Crippen LogP contribution in [0.15, 0.2) is 24.3 Å². The molecule has 0 saturated heterocycles. The quantitative estimate of drug-likeness (QED) is 0.706. The summed E-state index contributed by atoms with van der Waals surface area (Å²) in [5, 5.41) is 2.83. The second-order valence-electron chi connectivity index (χ2n) is 5.31. The summed E-state index contributed by atoms with van der Waals surface area (Å²) in [4.78, 5) is 11.6. The van der Waals surface area contributed by atoms with Crippen LogP contribution in [0.25, 0.3) is 0 Å². The first-order valence-electron chi connectivity index (χ1n) is 7.33. The monoisotopic (exact) mass is 279 g/mol. The smallest absolute Gasteiger partial charge is 0.220 e. The van der Waals surface area contributed by atoms with Gasteiger partial charge in [-0.1, -0.05) is 18.2 Å². The van der Waals surface area contributed by atoms with Gasteiger partial charge in [0.25, 0.3) is 0 Å². The lowest BCUT2D eigenvalue weighted by Gasteiger charge is -2.06. The summed E-state index contributed by atoms with van der Waals surface area (Å²) in [6.45, 7) is 2.19. The molecule has 2 rings (SSSR count). The van der Waals surface area contributed by atoms with Crippen LogP contribution in [-0.2, 0) is 16.0 Å². The lowest BCUT2D eigenvalue weighted by atomic mass is 10.1. The van der Waals surface area contributed by atoms with Gasteiger partial charge >= 0.3 is 0 Å². The predicted octanol–water partition coefficient (Wildman–Crippen LogP) is 2.69. The Bertz CT molecular complexity index is 432. The number of nitrogens with one attached hydrogen (secondary N) is 1. The Labute approximate surface area is 119 Å². The van der Waals surface area contributed by atoms with Crippen molar-refractivity contribution < 1.29 is 13.9 Å². The van der Waals surface area contributed by atoms with Gasteiger partial charge in [-0.2, -0.15) is 0 Å². The van der Waals surface area contributed by atoms with E-state index in [0.717, 1.165) is 18.9 Å². The molecule has 0 spiro atoms. The number of aryl methyl sites for hydroxylation is 1. The van der Waals surface area contributed by atoms with Crippen molar-refractivity contribution in [2.45, 2.75) is 32.1 Å². The number of carbonyl (C=O) groups excluding carboxylic acids is 1. The Balaban J connectivity index is 1.50. The minimum absolute atomic E-state index is 0.0320. The summed E-state index contributed by atoms with van der Waals surface area (Å²) in [6.07, 6.45) is 4.19. The first kappa shape index (κ1) is 15.0. The van der Waals surface area contributed by atoms with Gasteiger partial charge in [0.2, 0.25) is 5.91 Å². The van der Waals surface area contributed by atoms with Gasteiger partial charge in [-0.05, 0) is 43.2 Å². The van der Waals surface area contributed by atoms with Crippen molar-refractivity contribution in [3.05, 3.63) is 35.6 Å². The molecule has 1 saturated carbocycles. The highest BCUT2D eigenvalue weighted by molar-refractivity contribution is 5.76. The van der Waals surface area contributed by atoms with E-state index in [2.05, 4.69) is 5.32 Å². The number of halogens is 1. The van der Waals surface area contributed by atoms with E-state index < -0.39 is 0 Å². The second-order valence-corrected chi connectivity index (χ2v) is 5.31. The predicted molar refractivity (Wildman–Crippen MR) is 75.9 cm³/mol. The second kappa shape index (κ2) is 8.00. The first-order chi connectivity index (χ1) is 9.75. The number of benzene rings is 1. The highest BCUT2D eigenvalue weighted by Crippen LogP contribution is 2.28. The van der Waals surface area contributed by atoms with Gasteiger partial charge < -0.3 is 10.1 Å². The maximum Gasteiger partial charge on any atom is 0.220 e. The topological polar surface area (TPSA) is 38.3 Å². The van der Waals surface area contributed by atoms with E-state index in [-0.39, 0.29) is 11.7 Å². The molecule has 0 aromatic heterocycles. The van der Waals surface area contributed by atoms with Crippen molar-refractivity contribution in [2.24, 2.45) is 5.92 Å². The Morgan fingerprint density at radius 2 is 2.15 bits per heavy atom. The molecule has 1 fully saturated rings. The Hall–Kier alpha value is -1.42. The third kappa shape index (κ3) is 5.70. The molecule has 1 aromatic rings. The van der Waals surface area contributed by atoms with Crippen LogP contribution in [0, 0.1) is 11.7 Å². The summed E-state index contributed by atoms with van der Waals surface area (Å²) >= 11 is 0. The molecule has 0 radical (unpaired) electrons. The maximum atomic E-state index is 13.4. The van der Waals surface area contributed by atoms with Crippen molar-refractivity contribution in [2.75, 3.05) is 19.8 Å². The zero-order chi connectivity index (χ0) is 14.2. The van der Waals surface area contributed by atoms with Gasteiger partial charge in [0, 0.05) is 26.2 Å². The van der Waals surface area contributed by atoms with Gasteiger partial charge in [-0.15, -0.1) is 0 Å². The first-order valence-corrected chi connectivity index (χ1v) is 7.33. The van der Waals surface area contributed by atoms with E-state index in [1.165, 1.54) is 18.9 Å². The molecule has 110 valence electrons. The van der Waals surface area contributed by atoms with Crippen molar-refractivity contribution in [1.29, 1.82) is 0 Å².